The van der Waals surface area contributed by atoms with Crippen LogP contribution in [0.5, 0.6) is 0 Å². The summed E-state index contributed by atoms with van der Waals surface area (Å²) in [5.74, 6) is 0.577. The van der Waals surface area contributed by atoms with Crippen LogP contribution in [0.1, 0.15) is 55.8 Å². The largest absolute Gasteiger partial charge is 0.324 e. The van der Waals surface area contributed by atoms with Crippen molar-refractivity contribution in [3.05, 3.63) is 53.3 Å². The van der Waals surface area contributed by atoms with Crippen LogP contribution in [-0.2, 0) is 6.54 Å². The van der Waals surface area contributed by atoms with Crippen molar-refractivity contribution >= 4 is 0 Å². The van der Waals surface area contributed by atoms with E-state index in [1.165, 1.54) is 11.1 Å². The molecule has 0 aliphatic carbocycles. The first-order valence-corrected chi connectivity index (χ1v) is 6.97. The lowest BCUT2D eigenvalue weighted by atomic mass is 10.0. The third-order valence-corrected chi connectivity index (χ3v) is 3.51. The second kappa shape index (κ2) is 6.02. The van der Waals surface area contributed by atoms with Gasteiger partial charge in [-0.05, 0) is 23.5 Å². The molecule has 0 bridgehead atoms. The Balaban J connectivity index is 2.06. The highest BCUT2D eigenvalue weighted by atomic mass is 15.3. The summed E-state index contributed by atoms with van der Waals surface area (Å²) in [6.07, 6.45) is 4.86. The molecule has 1 heterocycles. The molecule has 1 aromatic carbocycles. The van der Waals surface area contributed by atoms with E-state index in [0.29, 0.717) is 5.92 Å². The van der Waals surface area contributed by atoms with Gasteiger partial charge in [-0.1, -0.05) is 45.0 Å². The van der Waals surface area contributed by atoms with Gasteiger partial charge in [-0.3, -0.25) is 4.68 Å². The molecule has 1 aromatic heterocycles. The molecule has 0 fully saturated rings. The van der Waals surface area contributed by atoms with Gasteiger partial charge in [-0.2, -0.15) is 5.10 Å². The van der Waals surface area contributed by atoms with Gasteiger partial charge in [0.25, 0.3) is 0 Å². The van der Waals surface area contributed by atoms with Crippen LogP contribution in [0.15, 0.2) is 36.7 Å². The maximum Gasteiger partial charge on any atom is 0.0659 e. The molecule has 0 saturated heterocycles. The lowest BCUT2D eigenvalue weighted by Crippen LogP contribution is -2.07. The zero-order valence-corrected chi connectivity index (χ0v) is 12.0. The highest BCUT2D eigenvalue weighted by molar-refractivity contribution is 5.25. The number of hydrogen-bond acceptors (Lipinski definition) is 2. The zero-order valence-electron chi connectivity index (χ0n) is 12.0. The normalized spacial score (nSPS) is 12.9. The number of nitrogens with zero attached hydrogens (tertiary/aromatic N) is 2. The Kier molecular flexibility index (Phi) is 4.38. The second-order valence-corrected chi connectivity index (χ2v) is 5.38. The molecule has 19 heavy (non-hydrogen) atoms. The molecular weight excluding hydrogens is 234 g/mol. The minimum absolute atomic E-state index is 0.0945. The summed E-state index contributed by atoms with van der Waals surface area (Å²) in [5, 5.41) is 4.37. The fourth-order valence-electron chi connectivity index (χ4n) is 2.09. The first-order chi connectivity index (χ1) is 9.10. The molecule has 0 saturated carbocycles. The van der Waals surface area contributed by atoms with Gasteiger partial charge in [-0.15, -0.1) is 0 Å². The molecule has 0 radical (unpaired) electrons. The third-order valence-electron chi connectivity index (χ3n) is 3.51. The molecule has 0 spiro atoms. The Morgan fingerprint density at radius 3 is 2.42 bits per heavy atom. The molecular formula is C16H23N3. The quantitative estimate of drug-likeness (QED) is 0.891. The van der Waals surface area contributed by atoms with Crippen molar-refractivity contribution in [3.8, 4) is 0 Å². The van der Waals surface area contributed by atoms with E-state index < -0.39 is 0 Å². The maximum atomic E-state index is 6.00. The number of hydrogen-bond donors (Lipinski definition) is 1. The zero-order chi connectivity index (χ0) is 13.8. The molecule has 0 aliphatic heterocycles. The van der Waals surface area contributed by atoms with Gasteiger partial charge in [0.05, 0.1) is 12.7 Å². The van der Waals surface area contributed by atoms with Gasteiger partial charge in [0.2, 0.25) is 0 Å². The topological polar surface area (TPSA) is 43.8 Å². The van der Waals surface area contributed by atoms with Gasteiger partial charge < -0.3 is 5.73 Å². The molecule has 0 amide bonds. The second-order valence-electron chi connectivity index (χ2n) is 5.38. The molecule has 3 nitrogen and oxygen atoms in total. The summed E-state index contributed by atoms with van der Waals surface area (Å²) < 4.78 is 1.95. The smallest absolute Gasteiger partial charge is 0.0659 e. The van der Waals surface area contributed by atoms with Crippen molar-refractivity contribution in [1.29, 1.82) is 0 Å². The summed E-state index contributed by atoms with van der Waals surface area (Å²) in [5.41, 5.74) is 9.75. The van der Waals surface area contributed by atoms with Crippen LogP contribution >= 0.6 is 0 Å². The average Bonchev–Trinajstić information content (AvgIpc) is 2.87. The lowest BCUT2D eigenvalue weighted by molar-refractivity contribution is 0.675. The average molecular weight is 257 g/mol. The summed E-state index contributed by atoms with van der Waals surface area (Å²) in [7, 11) is 0. The first kappa shape index (κ1) is 13.8. The molecule has 2 N–H and O–H groups in total. The van der Waals surface area contributed by atoms with E-state index >= 15 is 0 Å². The van der Waals surface area contributed by atoms with E-state index in [-0.39, 0.29) is 6.04 Å². The minimum atomic E-state index is 0.0945. The lowest BCUT2D eigenvalue weighted by Gasteiger charge is -2.07. The fourth-order valence-corrected chi connectivity index (χ4v) is 2.09. The molecule has 2 rings (SSSR count). The first-order valence-electron chi connectivity index (χ1n) is 6.97. The van der Waals surface area contributed by atoms with E-state index in [2.05, 4.69) is 50.1 Å². The van der Waals surface area contributed by atoms with Crippen LogP contribution < -0.4 is 5.73 Å². The van der Waals surface area contributed by atoms with Crippen LogP contribution in [0, 0.1) is 0 Å². The van der Waals surface area contributed by atoms with Crippen molar-refractivity contribution in [2.45, 2.75) is 45.7 Å². The standard InChI is InChI=1S/C16H23N3/c1-4-16(17)15-9-18-19(11-15)10-13-5-7-14(8-6-13)12(2)3/h5-9,11-12,16H,4,10,17H2,1-3H3. The molecule has 1 atom stereocenters. The highest BCUT2D eigenvalue weighted by Crippen LogP contribution is 2.16. The van der Waals surface area contributed by atoms with Gasteiger partial charge >= 0.3 is 0 Å². The number of nitrogens with two attached hydrogens (primary N) is 1. The van der Waals surface area contributed by atoms with E-state index in [4.69, 9.17) is 5.73 Å². The predicted molar refractivity (Wildman–Crippen MR) is 79.1 cm³/mol. The van der Waals surface area contributed by atoms with Crippen molar-refractivity contribution in [2.24, 2.45) is 5.73 Å². The van der Waals surface area contributed by atoms with Crippen molar-refractivity contribution < 1.29 is 0 Å². The highest BCUT2D eigenvalue weighted by Gasteiger charge is 2.06. The molecule has 3 heteroatoms. The number of rotatable bonds is 5. The maximum absolute atomic E-state index is 6.00. The van der Waals surface area contributed by atoms with Crippen LogP contribution in [0.25, 0.3) is 0 Å². The fraction of sp³-hybridized carbons (Fsp3) is 0.438. The number of benzene rings is 1. The summed E-state index contributed by atoms with van der Waals surface area (Å²) in [4.78, 5) is 0. The Morgan fingerprint density at radius 1 is 1.16 bits per heavy atom. The predicted octanol–water partition coefficient (Wildman–Crippen LogP) is 3.46. The minimum Gasteiger partial charge on any atom is -0.324 e. The van der Waals surface area contributed by atoms with Crippen molar-refractivity contribution in [1.82, 2.24) is 9.78 Å². The molecule has 2 aromatic rings. The SMILES string of the molecule is CCC(N)c1cnn(Cc2ccc(C(C)C)cc2)c1. The summed E-state index contributed by atoms with van der Waals surface area (Å²) >= 11 is 0. The van der Waals surface area contributed by atoms with Crippen molar-refractivity contribution in [3.63, 3.8) is 0 Å². The van der Waals surface area contributed by atoms with E-state index in [1.807, 2.05) is 17.1 Å². The monoisotopic (exact) mass is 257 g/mol. The summed E-state index contributed by atoms with van der Waals surface area (Å²) in [6, 6.07) is 8.84. The van der Waals surface area contributed by atoms with Crippen LogP contribution in [0.4, 0.5) is 0 Å². The van der Waals surface area contributed by atoms with E-state index in [1.54, 1.807) is 0 Å². The van der Waals surface area contributed by atoms with Crippen LogP contribution in [0.3, 0.4) is 0 Å². The Morgan fingerprint density at radius 2 is 1.84 bits per heavy atom. The Bertz CT molecular complexity index is 511. The van der Waals surface area contributed by atoms with Crippen molar-refractivity contribution in [2.75, 3.05) is 0 Å². The van der Waals surface area contributed by atoms with Gasteiger partial charge in [-0.25, -0.2) is 0 Å². The number of aromatic nitrogens is 2. The molecule has 1 unspecified atom stereocenters. The Labute approximate surface area is 115 Å². The molecule has 0 aliphatic rings. The van der Waals surface area contributed by atoms with E-state index in [0.717, 1.165) is 18.5 Å². The third kappa shape index (κ3) is 3.44. The molecule has 102 valence electrons. The summed E-state index contributed by atoms with van der Waals surface area (Å²) in [6.45, 7) is 7.31. The van der Waals surface area contributed by atoms with Gasteiger partial charge in [0, 0.05) is 17.8 Å². The van der Waals surface area contributed by atoms with Gasteiger partial charge in [0.15, 0.2) is 0 Å². The van der Waals surface area contributed by atoms with Crippen LogP contribution in [-0.4, -0.2) is 9.78 Å². The van der Waals surface area contributed by atoms with E-state index in [9.17, 15) is 0 Å². The van der Waals surface area contributed by atoms with Crippen LogP contribution in [0.2, 0.25) is 0 Å². The van der Waals surface area contributed by atoms with Gasteiger partial charge in [0.1, 0.15) is 0 Å². The Hall–Kier alpha value is -1.61.